The highest BCUT2D eigenvalue weighted by Gasteiger charge is 2.08. The second-order valence-electron chi connectivity index (χ2n) is 3.80. The van der Waals surface area contributed by atoms with Crippen LogP contribution in [-0.4, -0.2) is 30.4 Å². The van der Waals surface area contributed by atoms with Gasteiger partial charge in [0.1, 0.15) is 25.1 Å². The monoisotopic (exact) mass is 250 g/mol. The first-order valence-corrected chi connectivity index (χ1v) is 5.84. The summed E-state index contributed by atoms with van der Waals surface area (Å²) >= 11 is 0. The number of rotatable bonds is 7. The van der Waals surface area contributed by atoms with E-state index in [2.05, 4.69) is 13.5 Å². The molecule has 4 heteroatoms. The number of hydrogen-bond acceptors (Lipinski definition) is 4. The number of esters is 1. The van der Waals surface area contributed by atoms with Crippen molar-refractivity contribution < 1.29 is 19.4 Å². The fourth-order valence-electron chi connectivity index (χ4n) is 1.33. The van der Waals surface area contributed by atoms with Gasteiger partial charge in [-0.3, -0.25) is 0 Å². The molecule has 1 N–H and O–H groups in total. The summed E-state index contributed by atoms with van der Waals surface area (Å²) in [5.41, 5.74) is 1.17. The van der Waals surface area contributed by atoms with Crippen LogP contribution in [0.4, 0.5) is 0 Å². The molecular weight excluding hydrogens is 232 g/mol. The van der Waals surface area contributed by atoms with Crippen LogP contribution in [0, 0.1) is 0 Å². The summed E-state index contributed by atoms with van der Waals surface area (Å²) in [5, 5.41) is 9.54. The Kier molecular flexibility index (Phi) is 5.94. The third kappa shape index (κ3) is 5.01. The van der Waals surface area contributed by atoms with E-state index in [4.69, 9.17) is 9.47 Å². The van der Waals surface area contributed by atoms with Gasteiger partial charge in [0.15, 0.2) is 0 Å². The number of carbonyl (C=O) groups is 1. The molecule has 0 aliphatic heterocycles. The Bertz CT molecular complexity index is 401. The Balaban J connectivity index is 2.35. The van der Waals surface area contributed by atoms with Gasteiger partial charge >= 0.3 is 5.97 Å². The molecule has 0 radical (unpaired) electrons. The zero-order valence-corrected chi connectivity index (χ0v) is 10.5. The van der Waals surface area contributed by atoms with Crippen molar-refractivity contribution in [2.45, 2.75) is 19.4 Å². The van der Waals surface area contributed by atoms with E-state index in [1.54, 1.807) is 0 Å². The lowest BCUT2D eigenvalue weighted by molar-refractivity contribution is -0.141. The van der Waals surface area contributed by atoms with Crippen LogP contribution in [0.2, 0.25) is 0 Å². The molecule has 1 aromatic rings. The standard InChI is InChI=1S/C14H18O4/c1-3-11-6-5-7-13(8-11)17-9-12(15)10-18-14(16)4-2/h4-8,12,15H,2-3,9-10H2,1H3/t12-/m1/s1. The molecule has 0 saturated heterocycles. The van der Waals surface area contributed by atoms with E-state index < -0.39 is 12.1 Å². The maximum absolute atomic E-state index is 10.8. The molecule has 0 fully saturated rings. The van der Waals surface area contributed by atoms with Crippen LogP contribution in [-0.2, 0) is 16.0 Å². The van der Waals surface area contributed by atoms with Crippen molar-refractivity contribution in [2.24, 2.45) is 0 Å². The predicted octanol–water partition coefficient (Wildman–Crippen LogP) is 1.72. The topological polar surface area (TPSA) is 55.8 Å². The van der Waals surface area contributed by atoms with Gasteiger partial charge in [-0.05, 0) is 24.1 Å². The van der Waals surface area contributed by atoms with Crippen LogP contribution in [0.1, 0.15) is 12.5 Å². The first kappa shape index (κ1) is 14.3. The maximum atomic E-state index is 10.8. The fourth-order valence-corrected chi connectivity index (χ4v) is 1.33. The predicted molar refractivity (Wildman–Crippen MR) is 68.5 cm³/mol. The first-order chi connectivity index (χ1) is 8.65. The Morgan fingerprint density at radius 2 is 2.28 bits per heavy atom. The molecule has 0 spiro atoms. The van der Waals surface area contributed by atoms with Gasteiger partial charge in [-0.15, -0.1) is 0 Å². The van der Waals surface area contributed by atoms with Gasteiger partial charge in [0.05, 0.1) is 0 Å². The Labute approximate surface area is 107 Å². The first-order valence-electron chi connectivity index (χ1n) is 5.84. The van der Waals surface area contributed by atoms with Crippen LogP contribution in [0.15, 0.2) is 36.9 Å². The molecule has 0 aromatic heterocycles. The zero-order chi connectivity index (χ0) is 13.4. The number of aliphatic hydroxyl groups is 1. The molecule has 1 atom stereocenters. The molecule has 0 aliphatic carbocycles. The van der Waals surface area contributed by atoms with Gasteiger partial charge in [-0.2, -0.15) is 0 Å². The molecule has 0 bridgehead atoms. The minimum absolute atomic E-state index is 0.0809. The molecular formula is C14H18O4. The molecule has 0 heterocycles. The Morgan fingerprint density at radius 3 is 2.94 bits per heavy atom. The summed E-state index contributed by atoms with van der Waals surface area (Å²) in [4.78, 5) is 10.8. The normalized spacial score (nSPS) is 11.7. The van der Waals surface area contributed by atoms with Crippen LogP contribution in [0.3, 0.4) is 0 Å². The third-order valence-electron chi connectivity index (χ3n) is 2.33. The number of aryl methyl sites for hydroxylation is 1. The summed E-state index contributed by atoms with van der Waals surface area (Å²) in [5.74, 6) is 0.144. The summed E-state index contributed by atoms with van der Waals surface area (Å²) in [6, 6.07) is 7.65. The minimum atomic E-state index is -0.848. The van der Waals surface area contributed by atoms with Crippen molar-refractivity contribution in [1.82, 2.24) is 0 Å². The molecule has 4 nitrogen and oxygen atoms in total. The molecule has 0 unspecified atom stereocenters. The lowest BCUT2D eigenvalue weighted by atomic mass is 10.2. The minimum Gasteiger partial charge on any atom is -0.491 e. The highest BCUT2D eigenvalue weighted by atomic mass is 16.5. The summed E-state index contributed by atoms with van der Waals surface area (Å²) < 4.78 is 10.1. The highest BCUT2D eigenvalue weighted by Crippen LogP contribution is 2.13. The lowest BCUT2D eigenvalue weighted by Gasteiger charge is -2.12. The van der Waals surface area contributed by atoms with Gasteiger partial charge in [-0.1, -0.05) is 25.6 Å². The van der Waals surface area contributed by atoms with Gasteiger partial charge < -0.3 is 14.6 Å². The van der Waals surface area contributed by atoms with E-state index in [1.165, 1.54) is 5.56 Å². The van der Waals surface area contributed by atoms with Crippen LogP contribution < -0.4 is 4.74 Å². The maximum Gasteiger partial charge on any atom is 0.330 e. The quantitative estimate of drug-likeness (QED) is 0.591. The number of hydrogen-bond donors (Lipinski definition) is 1. The lowest BCUT2D eigenvalue weighted by Crippen LogP contribution is -2.24. The SMILES string of the molecule is C=CC(=O)OC[C@H](O)COc1cccc(CC)c1. The average molecular weight is 250 g/mol. The second kappa shape index (κ2) is 7.50. The van der Waals surface area contributed by atoms with Gasteiger partial charge in [0.2, 0.25) is 0 Å². The Morgan fingerprint density at radius 1 is 1.50 bits per heavy atom. The zero-order valence-electron chi connectivity index (χ0n) is 10.5. The molecule has 0 aliphatic rings. The van der Waals surface area contributed by atoms with Crippen LogP contribution >= 0.6 is 0 Å². The number of ether oxygens (including phenoxy) is 2. The third-order valence-corrected chi connectivity index (χ3v) is 2.33. The molecule has 1 aromatic carbocycles. The second-order valence-corrected chi connectivity index (χ2v) is 3.80. The van der Waals surface area contributed by atoms with Crippen molar-refractivity contribution >= 4 is 5.97 Å². The molecule has 0 amide bonds. The smallest absolute Gasteiger partial charge is 0.330 e. The van der Waals surface area contributed by atoms with E-state index >= 15 is 0 Å². The largest absolute Gasteiger partial charge is 0.491 e. The molecule has 98 valence electrons. The number of aliphatic hydroxyl groups excluding tert-OH is 1. The average Bonchev–Trinajstić information content (AvgIpc) is 2.42. The summed E-state index contributed by atoms with van der Waals surface area (Å²) in [6.07, 6.45) is 1.13. The van der Waals surface area contributed by atoms with E-state index in [0.717, 1.165) is 12.5 Å². The van der Waals surface area contributed by atoms with Crippen LogP contribution in [0.5, 0.6) is 5.75 Å². The van der Waals surface area contributed by atoms with Gasteiger partial charge in [0, 0.05) is 6.08 Å². The van der Waals surface area contributed by atoms with Gasteiger partial charge in [0.25, 0.3) is 0 Å². The van der Waals surface area contributed by atoms with Crippen LogP contribution in [0.25, 0.3) is 0 Å². The van der Waals surface area contributed by atoms with E-state index in [-0.39, 0.29) is 13.2 Å². The van der Waals surface area contributed by atoms with Crippen molar-refractivity contribution in [1.29, 1.82) is 0 Å². The molecule has 0 saturated carbocycles. The summed E-state index contributed by atoms with van der Waals surface area (Å²) in [6.45, 7) is 5.30. The number of benzene rings is 1. The fraction of sp³-hybridized carbons (Fsp3) is 0.357. The van der Waals surface area contributed by atoms with Crippen molar-refractivity contribution in [2.75, 3.05) is 13.2 Å². The van der Waals surface area contributed by atoms with E-state index in [1.807, 2.05) is 24.3 Å². The summed E-state index contributed by atoms with van der Waals surface area (Å²) in [7, 11) is 0. The number of carbonyl (C=O) groups excluding carboxylic acids is 1. The molecule has 1 rings (SSSR count). The van der Waals surface area contributed by atoms with Crippen molar-refractivity contribution in [3.8, 4) is 5.75 Å². The molecule has 18 heavy (non-hydrogen) atoms. The van der Waals surface area contributed by atoms with E-state index in [9.17, 15) is 9.90 Å². The van der Waals surface area contributed by atoms with Gasteiger partial charge in [-0.25, -0.2) is 4.79 Å². The van der Waals surface area contributed by atoms with E-state index in [0.29, 0.717) is 5.75 Å². The Hall–Kier alpha value is -1.81. The van der Waals surface area contributed by atoms with Crippen molar-refractivity contribution in [3.05, 3.63) is 42.5 Å². The highest BCUT2D eigenvalue weighted by molar-refractivity contribution is 5.81. The van der Waals surface area contributed by atoms with Crippen molar-refractivity contribution in [3.63, 3.8) is 0 Å².